The molecule has 1 aromatic rings. The van der Waals surface area contributed by atoms with Gasteiger partial charge in [-0.15, -0.1) is 0 Å². The fourth-order valence-corrected chi connectivity index (χ4v) is 1.50. The Labute approximate surface area is 83.4 Å². The lowest BCUT2D eigenvalue weighted by Crippen LogP contribution is -2.24. The van der Waals surface area contributed by atoms with Gasteiger partial charge in [-0.2, -0.15) is 8.42 Å². The van der Waals surface area contributed by atoms with Gasteiger partial charge < -0.3 is 0 Å². The van der Waals surface area contributed by atoms with Crippen LogP contribution in [0.25, 0.3) is 0 Å². The zero-order valence-electron chi connectivity index (χ0n) is 7.50. The molecule has 0 saturated carbocycles. The molecule has 76 valence electrons. The first kappa shape index (κ1) is 10.7. The molecular formula is C9H11NO3S. The minimum atomic E-state index is -4.20. The molecule has 0 aliphatic heterocycles. The second kappa shape index (κ2) is 4.26. The second-order valence-electron chi connectivity index (χ2n) is 2.69. The smallest absolute Gasteiger partial charge is 0.269 e. The first-order valence-electron chi connectivity index (χ1n) is 3.95. The third-order valence-corrected chi connectivity index (χ3v) is 2.55. The van der Waals surface area contributed by atoms with E-state index >= 15 is 0 Å². The third-order valence-electron chi connectivity index (χ3n) is 1.68. The predicted octanol–water partition coefficient (Wildman–Crippen LogP) is 1.43. The highest BCUT2D eigenvalue weighted by molar-refractivity contribution is 7.83. The summed E-state index contributed by atoms with van der Waals surface area (Å²) < 4.78 is 31.1. The van der Waals surface area contributed by atoms with Gasteiger partial charge in [0.25, 0.3) is 0 Å². The Kier molecular flexibility index (Phi) is 3.27. The molecule has 5 heteroatoms. The van der Waals surface area contributed by atoms with E-state index in [-0.39, 0.29) is 6.54 Å². The SMILES string of the molecule is C=CN(Cc1ccccc1)S(=O)(=O)O. The molecule has 1 rings (SSSR count). The molecule has 14 heavy (non-hydrogen) atoms. The van der Waals surface area contributed by atoms with Gasteiger partial charge in [0, 0.05) is 6.20 Å². The van der Waals surface area contributed by atoms with Crippen LogP contribution in [0.1, 0.15) is 5.56 Å². The summed E-state index contributed by atoms with van der Waals surface area (Å²) in [6.45, 7) is 3.40. The Morgan fingerprint density at radius 2 is 1.93 bits per heavy atom. The Hall–Kier alpha value is -1.33. The highest BCUT2D eigenvalue weighted by atomic mass is 32.2. The Morgan fingerprint density at radius 1 is 1.36 bits per heavy atom. The van der Waals surface area contributed by atoms with E-state index in [1.165, 1.54) is 0 Å². The first-order valence-corrected chi connectivity index (χ1v) is 5.34. The molecule has 0 spiro atoms. The summed E-state index contributed by atoms with van der Waals surface area (Å²) in [7, 11) is -4.20. The predicted molar refractivity (Wildman–Crippen MR) is 53.7 cm³/mol. The van der Waals surface area contributed by atoms with Gasteiger partial charge in [-0.3, -0.25) is 8.86 Å². The summed E-state index contributed by atoms with van der Waals surface area (Å²) in [5, 5.41) is 0. The van der Waals surface area contributed by atoms with Crippen molar-refractivity contribution in [2.75, 3.05) is 0 Å². The fraction of sp³-hybridized carbons (Fsp3) is 0.111. The van der Waals surface area contributed by atoms with Gasteiger partial charge in [0.2, 0.25) is 0 Å². The summed E-state index contributed by atoms with van der Waals surface area (Å²) in [6, 6.07) is 8.94. The maximum atomic E-state index is 10.8. The van der Waals surface area contributed by atoms with Crippen LogP contribution in [0.3, 0.4) is 0 Å². The topological polar surface area (TPSA) is 57.6 Å². The van der Waals surface area contributed by atoms with E-state index in [2.05, 4.69) is 6.58 Å². The maximum Gasteiger partial charge on any atom is 0.359 e. The molecule has 0 heterocycles. The second-order valence-corrected chi connectivity index (χ2v) is 4.06. The third kappa shape index (κ3) is 2.86. The van der Waals surface area contributed by atoms with Crippen LogP contribution in [0, 0.1) is 0 Å². The summed E-state index contributed by atoms with van der Waals surface area (Å²) >= 11 is 0. The molecule has 1 N–H and O–H groups in total. The van der Waals surface area contributed by atoms with Crippen LogP contribution in [0.5, 0.6) is 0 Å². The van der Waals surface area contributed by atoms with Crippen molar-refractivity contribution in [3.63, 3.8) is 0 Å². The number of hydrogen-bond donors (Lipinski definition) is 1. The van der Waals surface area contributed by atoms with E-state index in [9.17, 15) is 8.42 Å². The molecular weight excluding hydrogens is 202 g/mol. The van der Waals surface area contributed by atoms with Crippen molar-refractivity contribution in [3.8, 4) is 0 Å². The number of hydrogen-bond acceptors (Lipinski definition) is 2. The van der Waals surface area contributed by atoms with Gasteiger partial charge in [-0.1, -0.05) is 36.9 Å². The van der Waals surface area contributed by atoms with Crippen molar-refractivity contribution in [3.05, 3.63) is 48.7 Å². The molecule has 0 amide bonds. The maximum absolute atomic E-state index is 10.8. The molecule has 0 aliphatic carbocycles. The first-order chi connectivity index (χ1) is 6.54. The Bertz CT molecular complexity index is 399. The molecule has 0 aliphatic rings. The van der Waals surface area contributed by atoms with Crippen molar-refractivity contribution >= 4 is 10.3 Å². The van der Waals surface area contributed by atoms with Crippen LogP contribution < -0.4 is 0 Å². The van der Waals surface area contributed by atoms with E-state index in [0.29, 0.717) is 0 Å². The van der Waals surface area contributed by atoms with E-state index in [1.807, 2.05) is 6.07 Å². The van der Waals surface area contributed by atoms with Gasteiger partial charge in [0.1, 0.15) is 0 Å². The average Bonchev–Trinajstić information content (AvgIpc) is 2.14. The molecule has 0 radical (unpaired) electrons. The normalized spacial score (nSPS) is 10.9. The number of benzene rings is 1. The van der Waals surface area contributed by atoms with Crippen molar-refractivity contribution in [2.24, 2.45) is 0 Å². The molecule has 1 aromatic carbocycles. The van der Waals surface area contributed by atoms with E-state index in [4.69, 9.17) is 4.55 Å². The van der Waals surface area contributed by atoms with E-state index in [0.717, 1.165) is 16.1 Å². The Morgan fingerprint density at radius 3 is 2.36 bits per heavy atom. The molecule has 4 nitrogen and oxygen atoms in total. The molecule has 0 fully saturated rings. The molecule has 0 unspecified atom stereocenters. The van der Waals surface area contributed by atoms with Crippen LogP contribution in [-0.2, 0) is 16.8 Å². The van der Waals surface area contributed by atoms with Gasteiger partial charge in [-0.25, -0.2) is 0 Å². The van der Waals surface area contributed by atoms with Crippen LogP contribution in [-0.4, -0.2) is 17.3 Å². The lowest BCUT2D eigenvalue weighted by atomic mass is 10.2. The minimum absolute atomic E-state index is 0.0865. The lowest BCUT2D eigenvalue weighted by molar-refractivity contribution is 0.402. The quantitative estimate of drug-likeness (QED) is 0.770. The standard InChI is InChI=1S/C9H11NO3S/c1-2-10(14(11,12)13)8-9-6-4-3-5-7-9/h2-7H,1,8H2,(H,11,12,13). The summed E-state index contributed by atoms with van der Waals surface area (Å²) in [4.78, 5) is 0. The summed E-state index contributed by atoms with van der Waals surface area (Å²) in [5.41, 5.74) is 0.782. The largest absolute Gasteiger partial charge is 0.359 e. The van der Waals surface area contributed by atoms with Gasteiger partial charge in [-0.05, 0) is 5.56 Å². The van der Waals surface area contributed by atoms with Crippen molar-refractivity contribution in [1.29, 1.82) is 0 Å². The van der Waals surface area contributed by atoms with Crippen molar-refractivity contribution in [2.45, 2.75) is 6.54 Å². The summed E-state index contributed by atoms with van der Waals surface area (Å²) in [5.74, 6) is 0. The van der Waals surface area contributed by atoms with Gasteiger partial charge >= 0.3 is 10.3 Å². The van der Waals surface area contributed by atoms with Crippen LogP contribution >= 0.6 is 0 Å². The van der Waals surface area contributed by atoms with E-state index in [1.54, 1.807) is 24.3 Å². The average molecular weight is 213 g/mol. The summed E-state index contributed by atoms with van der Waals surface area (Å²) in [6.07, 6.45) is 1.07. The Balaban J connectivity index is 2.82. The van der Waals surface area contributed by atoms with Crippen molar-refractivity contribution < 1.29 is 13.0 Å². The van der Waals surface area contributed by atoms with Gasteiger partial charge in [0.05, 0.1) is 6.54 Å². The molecule has 0 atom stereocenters. The minimum Gasteiger partial charge on any atom is -0.269 e. The van der Waals surface area contributed by atoms with Crippen LogP contribution in [0.2, 0.25) is 0 Å². The molecule has 0 saturated heterocycles. The van der Waals surface area contributed by atoms with Crippen LogP contribution in [0.15, 0.2) is 43.1 Å². The zero-order valence-corrected chi connectivity index (χ0v) is 8.31. The van der Waals surface area contributed by atoms with E-state index < -0.39 is 10.3 Å². The molecule has 0 bridgehead atoms. The lowest BCUT2D eigenvalue weighted by Gasteiger charge is -2.15. The highest BCUT2D eigenvalue weighted by Gasteiger charge is 2.13. The van der Waals surface area contributed by atoms with Crippen molar-refractivity contribution in [1.82, 2.24) is 4.31 Å². The van der Waals surface area contributed by atoms with Gasteiger partial charge in [0.15, 0.2) is 0 Å². The highest BCUT2D eigenvalue weighted by Crippen LogP contribution is 2.07. The fourth-order valence-electron chi connectivity index (χ4n) is 1.00. The zero-order chi connectivity index (χ0) is 10.6. The molecule has 0 aromatic heterocycles. The van der Waals surface area contributed by atoms with Crippen LogP contribution in [0.4, 0.5) is 0 Å². The number of rotatable bonds is 4. The monoisotopic (exact) mass is 213 g/mol. The number of nitrogens with zero attached hydrogens (tertiary/aromatic N) is 1.